The average Bonchev–Trinajstić information content (AvgIpc) is 2.94. The lowest BCUT2D eigenvalue weighted by molar-refractivity contribution is -0.121. The Kier molecular flexibility index (Phi) is 5.46. The fourth-order valence-corrected chi connectivity index (χ4v) is 2.94. The fraction of sp³-hybridized carbons (Fsp3) is 0.238. The fourth-order valence-electron chi connectivity index (χ4n) is 2.94. The first-order chi connectivity index (χ1) is 12.5. The number of aryl methyl sites for hydroxylation is 2. The molecule has 4 nitrogen and oxygen atoms in total. The topological polar surface area (TPSA) is 46.9 Å². The van der Waals surface area contributed by atoms with Gasteiger partial charge in [-0.15, -0.1) is 0 Å². The number of benzene rings is 2. The van der Waals surface area contributed by atoms with Gasteiger partial charge in [-0.3, -0.25) is 4.79 Å². The molecule has 0 aliphatic carbocycles. The lowest BCUT2D eigenvalue weighted by Gasteiger charge is -2.07. The normalized spacial score (nSPS) is 10.7. The molecule has 1 heterocycles. The van der Waals surface area contributed by atoms with Gasteiger partial charge >= 0.3 is 0 Å². The smallest absolute Gasteiger partial charge is 0.220 e. The number of hydrogen-bond acceptors (Lipinski definition) is 2. The van der Waals surface area contributed by atoms with Gasteiger partial charge in [0.1, 0.15) is 5.82 Å². The third kappa shape index (κ3) is 4.17. The molecule has 0 aliphatic rings. The third-order valence-electron chi connectivity index (χ3n) is 4.46. The van der Waals surface area contributed by atoms with Crippen molar-refractivity contribution in [1.29, 1.82) is 0 Å². The highest BCUT2D eigenvalue weighted by Gasteiger charge is 2.13. The molecule has 3 rings (SSSR count). The number of halogens is 1. The summed E-state index contributed by atoms with van der Waals surface area (Å²) < 4.78 is 14.8. The molecule has 2 aromatic carbocycles. The van der Waals surface area contributed by atoms with Crippen molar-refractivity contribution in [3.05, 3.63) is 82.9 Å². The number of aromatic nitrogens is 2. The minimum absolute atomic E-state index is 0.0272. The van der Waals surface area contributed by atoms with Crippen LogP contribution in [-0.4, -0.2) is 15.7 Å². The molecule has 5 heteroatoms. The van der Waals surface area contributed by atoms with Gasteiger partial charge in [0, 0.05) is 24.2 Å². The Morgan fingerprint density at radius 1 is 1.08 bits per heavy atom. The molecular formula is C21H22FN3O. The van der Waals surface area contributed by atoms with E-state index >= 15 is 0 Å². The monoisotopic (exact) mass is 351 g/mol. The Hall–Kier alpha value is -2.95. The zero-order valence-corrected chi connectivity index (χ0v) is 15.0. The predicted octanol–water partition coefficient (Wildman–Crippen LogP) is 3.88. The number of amides is 1. The summed E-state index contributed by atoms with van der Waals surface area (Å²) >= 11 is 0. The summed E-state index contributed by atoms with van der Waals surface area (Å²) in [6.07, 6.45) is 0.962. The largest absolute Gasteiger partial charge is 0.352 e. The number of carbonyl (C=O) groups excluding carboxylic acids is 1. The van der Waals surface area contributed by atoms with Crippen molar-refractivity contribution in [2.45, 2.75) is 33.2 Å². The van der Waals surface area contributed by atoms with E-state index in [-0.39, 0.29) is 11.7 Å². The van der Waals surface area contributed by atoms with Gasteiger partial charge in [-0.25, -0.2) is 9.07 Å². The van der Waals surface area contributed by atoms with E-state index in [1.165, 1.54) is 12.1 Å². The number of carbonyl (C=O) groups is 1. The van der Waals surface area contributed by atoms with E-state index in [1.54, 1.807) is 12.1 Å². The van der Waals surface area contributed by atoms with Crippen LogP contribution in [0.5, 0.6) is 0 Å². The number of para-hydroxylation sites is 1. The summed E-state index contributed by atoms with van der Waals surface area (Å²) in [6, 6.07) is 16.2. The zero-order valence-electron chi connectivity index (χ0n) is 15.0. The summed E-state index contributed by atoms with van der Waals surface area (Å²) in [5.41, 5.74) is 4.91. The molecule has 1 N–H and O–H groups in total. The van der Waals surface area contributed by atoms with E-state index in [2.05, 4.69) is 10.4 Å². The van der Waals surface area contributed by atoms with Crippen molar-refractivity contribution in [3.8, 4) is 5.69 Å². The highest BCUT2D eigenvalue weighted by molar-refractivity contribution is 5.76. The molecule has 1 amide bonds. The summed E-state index contributed by atoms with van der Waals surface area (Å²) in [7, 11) is 0. The Balaban J connectivity index is 1.60. The number of nitrogens with one attached hydrogen (secondary N) is 1. The molecule has 0 fully saturated rings. The second-order valence-corrected chi connectivity index (χ2v) is 6.30. The van der Waals surface area contributed by atoms with E-state index in [0.29, 0.717) is 19.4 Å². The van der Waals surface area contributed by atoms with Crippen LogP contribution in [0.15, 0.2) is 54.6 Å². The van der Waals surface area contributed by atoms with Gasteiger partial charge in [-0.1, -0.05) is 30.3 Å². The van der Waals surface area contributed by atoms with Gasteiger partial charge in [-0.2, -0.15) is 5.10 Å². The van der Waals surface area contributed by atoms with E-state index in [1.807, 2.05) is 48.9 Å². The van der Waals surface area contributed by atoms with E-state index in [0.717, 1.165) is 28.2 Å². The van der Waals surface area contributed by atoms with Crippen molar-refractivity contribution >= 4 is 5.91 Å². The van der Waals surface area contributed by atoms with Crippen molar-refractivity contribution in [3.63, 3.8) is 0 Å². The van der Waals surface area contributed by atoms with E-state index in [4.69, 9.17) is 0 Å². The quantitative estimate of drug-likeness (QED) is 0.733. The van der Waals surface area contributed by atoms with Crippen molar-refractivity contribution in [1.82, 2.24) is 15.1 Å². The molecule has 3 aromatic rings. The predicted molar refractivity (Wildman–Crippen MR) is 99.6 cm³/mol. The molecule has 0 saturated carbocycles. The Morgan fingerprint density at radius 3 is 2.46 bits per heavy atom. The molecule has 134 valence electrons. The lowest BCUT2D eigenvalue weighted by atomic mass is 10.1. The second-order valence-electron chi connectivity index (χ2n) is 6.30. The highest BCUT2D eigenvalue weighted by atomic mass is 19.1. The zero-order chi connectivity index (χ0) is 18.5. The molecular weight excluding hydrogens is 329 g/mol. The maximum absolute atomic E-state index is 12.9. The van der Waals surface area contributed by atoms with E-state index in [9.17, 15) is 9.18 Å². The molecule has 0 unspecified atom stereocenters. The van der Waals surface area contributed by atoms with E-state index < -0.39 is 0 Å². The summed E-state index contributed by atoms with van der Waals surface area (Å²) in [4.78, 5) is 12.1. The maximum Gasteiger partial charge on any atom is 0.220 e. The van der Waals surface area contributed by atoms with Crippen molar-refractivity contribution in [2.24, 2.45) is 0 Å². The molecule has 0 radical (unpaired) electrons. The van der Waals surface area contributed by atoms with Crippen LogP contribution in [-0.2, 0) is 17.8 Å². The van der Waals surface area contributed by atoms with Crippen molar-refractivity contribution < 1.29 is 9.18 Å². The Bertz CT molecular complexity index is 886. The van der Waals surface area contributed by atoms with Gasteiger partial charge in [0.05, 0.1) is 11.4 Å². The van der Waals surface area contributed by atoms with Crippen molar-refractivity contribution in [2.75, 3.05) is 0 Å². The molecule has 0 saturated heterocycles. The van der Waals surface area contributed by atoms with Crippen LogP contribution < -0.4 is 5.32 Å². The maximum atomic E-state index is 12.9. The van der Waals surface area contributed by atoms with Crippen LogP contribution in [0, 0.1) is 19.7 Å². The summed E-state index contributed by atoms with van der Waals surface area (Å²) in [5.74, 6) is -0.292. The van der Waals surface area contributed by atoms with Crippen LogP contribution >= 0.6 is 0 Å². The lowest BCUT2D eigenvalue weighted by Crippen LogP contribution is -2.23. The third-order valence-corrected chi connectivity index (χ3v) is 4.46. The van der Waals surface area contributed by atoms with Gasteiger partial charge in [0.2, 0.25) is 5.91 Å². The first-order valence-electron chi connectivity index (χ1n) is 8.66. The first kappa shape index (κ1) is 17.9. The number of hydrogen-bond donors (Lipinski definition) is 1. The van der Waals surface area contributed by atoms with Crippen LogP contribution in [0.2, 0.25) is 0 Å². The summed E-state index contributed by atoms with van der Waals surface area (Å²) in [5, 5.41) is 7.55. The van der Waals surface area contributed by atoms with Gasteiger partial charge in [-0.05, 0) is 50.1 Å². The molecule has 0 aliphatic heterocycles. The minimum atomic E-state index is -0.264. The minimum Gasteiger partial charge on any atom is -0.352 e. The molecule has 26 heavy (non-hydrogen) atoms. The Morgan fingerprint density at radius 2 is 1.77 bits per heavy atom. The highest BCUT2D eigenvalue weighted by Crippen LogP contribution is 2.17. The van der Waals surface area contributed by atoms with Gasteiger partial charge in [0.15, 0.2) is 0 Å². The number of rotatable bonds is 6. The Labute approximate surface area is 152 Å². The van der Waals surface area contributed by atoms with Crippen LogP contribution in [0.1, 0.15) is 28.9 Å². The van der Waals surface area contributed by atoms with Gasteiger partial charge in [0.25, 0.3) is 0 Å². The average molecular weight is 351 g/mol. The standard InChI is InChI=1S/C21H22FN3O/c1-15-20(16(2)25(24-15)19-6-4-3-5-7-19)14-23-21(26)13-10-17-8-11-18(22)12-9-17/h3-9,11-12H,10,13-14H2,1-2H3,(H,23,26). The van der Waals surface area contributed by atoms with Crippen LogP contribution in [0.25, 0.3) is 5.69 Å². The summed E-state index contributed by atoms with van der Waals surface area (Å²) in [6.45, 7) is 4.41. The van der Waals surface area contributed by atoms with Gasteiger partial charge < -0.3 is 5.32 Å². The SMILES string of the molecule is Cc1nn(-c2ccccc2)c(C)c1CNC(=O)CCc1ccc(F)cc1. The molecule has 0 bridgehead atoms. The van der Waals surface area contributed by atoms with Crippen LogP contribution in [0.3, 0.4) is 0 Å². The first-order valence-corrected chi connectivity index (χ1v) is 8.66. The van der Waals surface area contributed by atoms with Crippen LogP contribution in [0.4, 0.5) is 4.39 Å². The molecule has 1 aromatic heterocycles. The second kappa shape index (κ2) is 7.95. The number of nitrogens with zero attached hydrogens (tertiary/aromatic N) is 2. The molecule has 0 spiro atoms. The molecule has 0 atom stereocenters.